The second kappa shape index (κ2) is 5.19. The molecule has 1 rings (SSSR count). The first-order chi connectivity index (χ1) is 6.91. The number of nitrogens with one attached hydrogen (secondary N) is 1. The molecule has 0 saturated heterocycles. The first kappa shape index (κ1) is 12.8. The summed E-state index contributed by atoms with van der Waals surface area (Å²) in [6, 6.07) is 3.99. The monoisotopic (exact) mass is 291 g/mol. The van der Waals surface area contributed by atoms with Crippen molar-refractivity contribution in [2.75, 3.05) is 0 Å². The van der Waals surface area contributed by atoms with Crippen LogP contribution in [0, 0.1) is 0 Å². The predicted octanol–water partition coefficient (Wildman–Crippen LogP) is 3.87. The molecule has 4 heteroatoms. The lowest BCUT2D eigenvalue weighted by Gasteiger charge is -2.19. The minimum Gasteiger partial charge on any atom is -0.506 e. The first-order valence-corrected chi connectivity index (χ1v) is 6.03. The average molecular weight is 293 g/mol. The van der Waals surface area contributed by atoms with E-state index in [0.29, 0.717) is 11.1 Å². The highest BCUT2D eigenvalue weighted by Gasteiger charge is 2.14. The number of benzene rings is 1. The summed E-state index contributed by atoms with van der Waals surface area (Å²) in [5, 5.41) is 13.5. The fourth-order valence-corrected chi connectivity index (χ4v) is 2.34. The van der Waals surface area contributed by atoms with E-state index in [9.17, 15) is 5.11 Å². The van der Waals surface area contributed by atoms with E-state index in [2.05, 4.69) is 35.1 Å². The van der Waals surface area contributed by atoms with Gasteiger partial charge in [0, 0.05) is 22.1 Å². The molecule has 0 aliphatic carbocycles. The summed E-state index contributed by atoms with van der Waals surface area (Å²) in [7, 11) is 0. The highest BCUT2D eigenvalue weighted by molar-refractivity contribution is 9.10. The number of hydrogen-bond donors (Lipinski definition) is 2. The molecule has 2 N–H and O–H groups in total. The van der Waals surface area contributed by atoms with Crippen molar-refractivity contribution in [1.82, 2.24) is 5.32 Å². The molecule has 0 radical (unpaired) electrons. The SMILES string of the molecule is CC(C)NC(C)c1cc(Br)cc(Cl)c1O. The van der Waals surface area contributed by atoms with Gasteiger partial charge in [0.2, 0.25) is 0 Å². The highest BCUT2D eigenvalue weighted by atomic mass is 79.9. The van der Waals surface area contributed by atoms with Crippen LogP contribution in [0.5, 0.6) is 5.75 Å². The Morgan fingerprint density at radius 3 is 2.47 bits per heavy atom. The summed E-state index contributed by atoms with van der Waals surface area (Å²) in [5.41, 5.74) is 0.808. The largest absolute Gasteiger partial charge is 0.506 e. The summed E-state index contributed by atoms with van der Waals surface area (Å²) < 4.78 is 0.873. The van der Waals surface area contributed by atoms with Crippen molar-refractivity contribution in [2.45, 2.75) is 32.9 Å². The molecule has 1 atom stereocenters. The Morgan fingerprint density at radius 2 is 1.93 bits per heavy atom. The fourth-order valence-electron chi connectivity index (χ4n) is 1.51. The van der Waals surface area contributed by atoms with Crippen molar-refractivity contribution in [3.63, 3.8) is 0 Å². The van der Waals surface area contributed by atoms with Crippen LogP contribution in [0.3, 0.4) is 0 Å². The van der Waals surface area contributed by atoms with E-state index in [1.165, 1.54) is 0 Å². The topological polar surface area (TPSA) is 32.3 Å². The van der Waals surface area contributed by atoms with Crippen LogP contribution < -0.4 is 5.32 Å². The van der Waals surface area contributed by atoms with Crippen molar-refractivity contribution >= 4 is 27.5 Å². The Balaban J connectivity index is 3.02. The van der Waals surface area contributed by atoms with E-state index in [4.69, 9.17) is 11.6 Å². The van der Waals surface area contributed by atoms with Crippen LogP contribution >= 0.6 is 27.5 Å². The van der Waals surface area contributed by atoms with Gasteiger partial charge in [0.15, 0.2) is 0 Å². The number of halogens is 2. The molecule has 2 nitrogen and oxygen atoms in total. The van der Waals surface area contributed by atoms with Crippen LogP contribution in [0.15, 0.2) is 16.6 Å². The van der Waals surface area contributed by atoms with Crippen molar-refractivity contribution in [2.24, 2.45) is 0 Å². The minimum atomic E-state index is 0.0694. The molecule has 0 saturated carbocycles. The number of phenols is 1. The molecule has 0 aromatic heterocycles. The van der Waals surface area contributed by atoms with Gasteiger partial charge in [-0.1, -0.05) is 41.4 Å². The summed E-state index contributed by atoms with van der Waals surface area (Å²) >= 11 is 9.25. The molecule has 1 aromatic carbocycles. The maximum atomic E-state index is 9.81. The zero-order valence-electron chi connectivity index (χ0n) is 9.01. The van der Waals surface area contributed by atoms with Crippen molar-refractivity contribution in [3.8, 4) is 5.75 Å². The number of aromatic hydroxyl groups is 1. The molecular weight excluding hydrogens is 277 g/mol. The van der Waals surface area contributed by atoms with Gasteiger partial charge in [-0.3, -0.25) is 0 Å². The molecule has 1 aromatic rings. The second-order valence-corrected chi connectivity index (χ2v) is 5.19. The molecule has 0 aliphatic rings. The molecule has 15 heavy (non-hydrogen) atoms. The molecule has 0 spiro atoms. The normalized spacial score (nSPS) is 13.2. The molecule has 0 fully saturated rings. The molecule has 0 bridgehead atoms. The van der Waals surface area contributed by atoms with Gasteiger partial charge in [-0.15, -0.1) is 0 Å². The lowest BCUT2D eigenvalue weighted by Crippen LogP contribution is -2.26. The van der Waals surface area contributed by atoms with E-state index in [0.717, 1.165) is 10.0 Å². The first-order valence-electron chi connectivity index (χ1n) is 4.85. The zero-order chi connectivity index (χ0) is 11.6. The molecule has 0 amide bonds. The second-order valence-electron chi connectivity index (χ2n) is 3.87. The third kappa shape index (κ3) is 3.37. The van der Waals surface area contributed by atoms with Gasteiger partial charge >= 0.3 is 0 Å². The van der Waals surface area contributed by atoms with Gasteiger partial charge in [0.05, 0.1) is 5.02 Å². The molecule has 0 aliphatic heterocycles. The lowest BCUT2D eigenvalue weighted by molar-refractivity contribution is 0.442. The molecular formula is C11H15BrClNO. The van der Waals surface area contributed by atoms with E-state index in [1.807, 2.05) is 13.0 Å². The lowest BCUT2D eigenvalue weighted by atomic mass is 10.1. The average Bonchev–Trinajstić information content (AvgIpc) is 2.09. The third-order valence-electron chi connectivity index (χ3n) is 2.11. The predicted molar refractivity (Wildman–Crippen MR) is 67.5 cm³/mol. The summed E-state index contributed by atoms with van der Waals surface area (Å²) in [5.74, 6) is 0.153. The van der Waals surface area contributed by atoms with Crippen LogP contribution in [-0.2, 0) is 0 Å². The Morgan fingerprint density at radius 1 is 1.33 bits per heavy atom. The smallest absolute Gasteiger partial charge is 0.139 e. The highest BCUT2D eigenvalue weighted by Crippen LogP contribution is 2.34. The maximum Gasteiger partial charge on any atom is 0.139 e. The van der Waals surface area contributed by atoms with Gasteiger partial charge in [-0.2, -0.15) is 0 Å². The van der Waals surface area contributed by atoms with Crippen molar-refractivity contribution in [3.05, 3.63) is 27.2 Å². The van der Waals surface area contributed by atoms with Crippen LogP contribution in [0.2, 0.25) is 5.02 Å². The molecule has 0 heterocycles. The number of rotatable bonds is 3. The number of phenolic OH excluding ortho intramolecular Hbond substituents is 1. The van der Waals surface area contributed by atoms with Gasteiger partial charge in [0.25, 0.3) is 0 Å². The van der Waals surface area contributed by atoms with Crippen LogP contribution in [0.25, 0.3) is 0 Å². The zero-order valence-corrected chi connectivity index (χ0v) is 11.4. The Hall–Kier alpha value is -0.250. The van der Waals surface area contributed by atoms with E-state index >= 15 is 0 Å². The van der Waals surface area contributed by atoms with Gasteiger partial charge < -0.3 is 10.4 Å². The van der Waals surface area contributed by atoms with Crippen LogP contribution in [-0.4, -0.2) is 11.1 Å². The standard InChI is InChI=1S/C11H15BrClNO/c1-6(2)14-7(3)9-4-8(12)5-10(13)11(9)15/h4-7,14-15H,1-3H3. The van der Waals surface area contributed by atoms with E-state index < -0.39 is 0 Å². The Bertz CT molecular complexity index is 355. The van der Waals surface area contributed by atoms with Crippen LogP contribution in [0.4, 0.5) is 0 Å². The quantitative estimate of drug-likeness (QED) is 0.886. The van der Waals surface area contributed by atoms with Crippen LogP contribution in [0.1, 0.15) is 32.4 Å². The minimum absolute atomic E-state index is 0.0694. The van der Waals surface area contributed by atoms with Gasteiger partial charge in [-0.05, 0) is 19.1 Å². The third-order valence-corrected chi connectivity index (χ3v) is 2.85. The molecule has 1 unspecified atom stereocenters. The number of hydrogen-bond acceptors (Lipinski definition) is 2. The molecule has 84 valence electrons. The van der Waals surface area contributed by atoms with Gasteiger partial charge in [-0.25, -0.2) is 0 Å². The van der Waals surface area contributed by atoms with Gasteiger partial charge in [0.1, 0.15) is 5.75 Å². The Labute approximate surface area is 104 Å². The maximum absolute atomic E-state index is 9.81. The fraction of sp³-hybridized carbons (Fsp3) is 0.455. The summed E-state index contributed by atoms with van der Waals surface area (Å²) in [6.45, 7) is 6.12. The van der Waals surface area contributed by atoms with E-state index in [1.54, 1.807) is 6.07 Å². The van der Waals surface area contributed by atoms with Crippen molar-refractivity contribution < 1.29 is 5.11 Å². The Kier molecular flexibility index (Phi) is 4.44. The summed E-state index contributed by atoms with van der Waals surface area (Å²) in [6.07, 6.45) is 0. The van der Waals surface area contributed by atoms with Crippen molar-refractivity contribution in [1.29, 1.82) is 0 Å². The summed E-state index contributed by atoms with van der Waals surface area (Å²) in [4.78, 5) is 0. The van der Waals surface area contributed by atoms with E-state index in [-0.39, 0.29) is 11.8 Å².